The average Bonchev–Trinajstić information content (AvgIpc) is 2.73. The highest BCUT2D eigenvalue weighted by Gasteiger charge is 2.19. The number of hydrogen-bond acceptors (Lipinski definition) is 3. The summed E-state index contributed by atoms with van der Waals surface area (Å²) in [5, 5.41) is 9.58. The molecule has 0 aromatic heterocycles. The van der Waals surface area contributed by atoms with Gasteiger partial charge in [-0.1, -0.05) is 64.8 Å². The molecule has 0 atom stereocenters. The molecule has 156 valence electrons. The number of ether oxygens (including phenoxy) is 1. The normalized spacial score (nSPS) is 12.0. The van der Waals surface area contributed by atoms with Gasteiger partial charge in [-0.2, -0.15) is 0 Å². The molecule has 2 rings (SSSR count). The van der Waals surface area contributed by atoms with Crippen molar-refractivity contribution in [2.45, 2.75) is 66.2 Å². The van der Waals surface area contributed by atoms with Crippen LogP contribution in [0.5, 0.6) is 11.5 Å². The Balaban J connectivity index is 2.24. The molecule has 0 amide bonds. The summed E-state index contributed by atoms with van der Waals surface area (Å²) in [5.74, 6) is 0.745. The molecule has 0 spiro atoms. The third-order valence-electron chi connectivity index (χ3n) is 5.32. The Labute approximate surface area is 175 Å². The van der Waals surface area contributed by atoms with E-state index in [0.717, 1.165) is 49.7 Å². The van der Waals surface area contributed by atoms with Crippen LogP contribution in [-0.4, -0.2) is 11.1 Å². The van der Waals surface area contributed by atoms with Crippen molar-refractivity contribution >= 4 is 17.1 Å². The Morgan fingerprint density at radius 3 is 1.66 bits per heavy atom. The van der Waals surface area contributed by atoms with Crippen molar-refractivity contribution in [3.05, 3.63) is 59.7 Å². The highest BCUT2D eigenvalue weighted by molar-refractivity contribution is 5.91. The van der Waals surface area contributed by atoms with E-state index < -0.39 is 0 Å². The second-order valence-corrected chi connectivity index (χ2v) is 7.43. The molecule has 0 saturated carbocycles. The van der Waals surface area contributed by atoms with Gasteiger partial charge in [0.25, 0.3) is 0 Å². The molecule has 3 heteroatoms. The second-order valence-electron chi connectivity index (χ2n) is 7.43. The molecule has 0 fully saturated rings. The lowest BCUT2D eigenvalue weighted by Crippen LogP contribution is -2.20. The standard InChI is InChI=1S/C26H34O3/c1-5-9-21(10-6-2)26(28)29-23-17-13-20(14-18-23)25(8-4)24(7-3)19-11-15-22(27)16-12-19/h11-18,21,27H,5-10H2,1-4H3/b25-24+. The molecule has 29 heavy (non-hydrogen) atoms. The Morgan fingerprint density at radius 2 is 1.24 bits per heavy atom. The number of esters is 1. The van der Waals surface area contributed by atoms with E-state index in [9.17, 15) is 9.90 Å². The summed E-state index contributed by atoms with van der Waals surface area (Å²) in [7, 11) is 0. The Bertz CT molecular complexity index is 795. The van der Waals surface area contributed by atoms with Crippen LogP contribution in [0, 0.1) is 5.92 Å². The highest BCUT2D eigenvalue weighted by Crippen LogP contribution is 2.33. The summed E-state index contributed by atoms with van der Waals surface area (Å²) in [5.41, 5.74) is 4.80. The number of aromatic hydroxyl groups is 1. The topological polar surface area (TPSA) is 46.5 Å². The monoisotopic (exact) mass is 394 g/mol. The van der Waals surface area contributed by atoms with Gasteiger partial charge in [-0.25, -0.2) is 0 Å². The van der Waals surface area contributed by atoms with E-state index in [1.165, 1.54) is 11.1 Å². The summed E-state index contributed by atoms with van der Waals surface area (Å²) < 4.78 is 5.65. The molecule has 0 heterocycles. The molecule has 0 aliphatic rings. The largest absolute Gasteiger partial charge is 0.508 e. The number of hydrogen-bond donors (Lipinski definition) is 1. The van der Waals surface area contributed by atoms with E-state index in [1.807, 2.05) is 36.4 Å². The first-order chi connectivity index (χ1) is 14.0. The van der Waals surface area contributed by atoms with Crippen LogP contribution < -0.4 is 4.74 Å². The summed E-state index contributed by atoms with van der Waals surface area (Å²) in [6.07, 6.45) is 5.53. The minimum atomic E-state index is -0.119. The minimum absolute atomic E-state index is 0.0167. The number of phenols is 1. The third kappa shape index (κ3) is 6.22. The van der Waals surface area contributed by atoms with E-state index in [0.29, 0.717) is 5.75 Å². The van der Waals surface area contributed by atoms with Gasteiger partial charge >= 0.3 is 5.97 Å². The van der Waals surface area contributed by atoms with Crippen molar-refractivity contribution in [1.82, 2.24) is 0 Å². The van der Waals surface area contributed by atoms with Gasteiger partial charge in [-0.3, -0.25) is 4.79 Å². The zero-order chi connectivity index (χ0) is 21.2. The van der Waals surface area contributed by atoms with Gasteiger partial charge in [-0.05, 0) is 72.2 Å². The van der Waals surface area contributed by atoms with Crippen molar-refractivity contribution in [2.75, 3.05) is 0 Å². The number of carbonyl (C=O) groups is 1. The fourth-order valence-electron chi connectivity index (χ4n) is 3.85. The zero-order valence-electron chi connectivity index (χ0n) is 18.2. The summed E-state index contributed by atoms with van der Waals surface area (Å²) in [6.45, 7) is 8.50. The number of carbonyl (C=O) groups excluding carboxylic acids is 1. The van der Waals surface area contributed by atoms with Gasteiger partial charge in [0.2, 0.25) is 0 Å². The van der Waals surface area contributed by atoms with Crippen LogP contribution in [0.2, 0.25) is 0 Å². The van der Waals surface area contributed by atoms with E-state index in [-0.39, 0.29) is 17.6 Å². The smallest absolute Gasteiger partial charge is 0.314 e. The minimum Gasteiger partial charge on any atom is -0.508 e. The maximum absolute atomic E-state index is 12.5. The Hall–Kier alpha value is -2.55. The van der Waals surface area contributed by atoms with Gasteiger partial charge in [0.1, 0.15) is 11.5 Å². The quantitative estimate of drug-likeness (QED) is 0.262. The van der Waals surface area contributed by atoms with Crippen molar-refractivity contribution < 1.29 is 14.6 Å². The molecule has 0 saturated heterocycles. The van der Waals surface area contributed by atoms with Crippen LogP contribution >= 0.6 is 0 Å². The van der Waals surface area contributed by atoms with E-state index in [1.54, 1.807) is 12.1 Å². The molecular formula is C26H34O3. The lowest BCUT2D eigenvalue weighted by Gasteiger charge is -2.16. The van der Waals surface area contributed by atoms with Gasteiger partial charge in [0, 0.05) is 0 Å². The van der Waals surface area contributed by atoms with Crippen LogP contribution in [0.25, 0.3) is 11.1 Å². The van der Waals surface area contributed by atoms with Gasteiger partial charge in [0.05, 0.1) is 5.92 Å². The summed E-state index contributed by atoms with van der Waals surface area (Å²) >= 11 is 0. The zero-order valence-corrected chi connectivity index (χ0v) is 18.2. The fourth-order valence-corrected chi connectivity index (χ4v) is 3.85. The first-order valence-corrected chi connectivity index (χ1v) is 10.9. The lowest BCUT2D eigenvalue weighted by molar-refractivity contribution is -0.139. The number of allylic oxidation sites excluding steroid dienone is 2. The molecule has 2 aromatic rings. The maximum Gasteiger partial charge on any atom is 0.314 e. The van der Waals surface area contributed by atoms with Crippen LogP contribution in [0.4, 0.5) is 0 Å². The lowest BCUT2D eigenvalue weighted by atomic mass is 9.91. The van der Waals surface area contributed by atoms with Gasteiger partial charge in [-0.15, -0.1) is 0 Å². The highest BCUT2D eigenvalue weighted by atomic mass is 16.5. The van der Waals surface area contributed by atoms with Crippen LogP contribution in [0.3, 0.4) is 0 Å². The summed E-state index contributed by atoms with van der Waals surface area (Å²) in [4.78, 5) is 12.5. The Morgan fingerprint density at radius 1 is 0.793 bits per heavy atom. The van der Waals surface area contributed by atoms with Gasteiger partial charge in [0.15, 0.2) is 0 Å². The molecule has 0 aliphatic heterocycles. The molecule has 0 unspecified atom stereocenters. The molecule has 0 radical (unpaired) electrons. The summed E-state index contributed by atoms with van der Waals surface area (Å²) in [6, 6.07) is 15.2. The van der Waals surface area contributed by atoms with Crippen LogP contribution in [-0.2, 0) is 4.79 Å². The fraction of sp³-hybridized carbons (Fsp3) is 0.423. The predicted octanol–water partition coefficient (Wildman–Crippen LogP) is 7.24. The second kappa shape index (κ2) is 11.5. The third-order valence-corrected chi connectivity index (χ3v) is 5.32. The molecule has 0 bridgehead atoms. The first-order valence-electron chi connectivity index (χ1n) is 10.9. The molecule has 3 nitrogen and oxygen atoms in total. The number of phenolic OH excluding ortho intramolecular Hbond substituents is 1. The van der Waals surface area contributed by atoms with Crippen molar-refractivity contribution in [2.24, 2.45) is 5.92 Å². The predicted molar refractivity (Wildman–Crippen MR) is 121 cm³/mol. The Kier molecular flexibility index (Phi) is 8.98. The van der Waals surface area contributed by atoms with Crippen molar-refractivity contribution in [1.29, 1.82) is 0 Å². The van der Waals surface area contributed by atoms with E-state index in [4.69, 9.17) is 4.74 Å². The first kappa shape index (κ1) is 22.7. The molecule has 0 aliphatic carbocycles. The van der Waals surface area contributed by atoms with Crippen LogP contribution in [0.1, 0.15) is 77.3 Å². The van der Waals surface area contributed by atoms with E-state index in [2.05, 4.69) is 27.7 Å². The van der Waals surface area contributed by atoms with Crippen LogP contribution in [0.15, 0.2) is 48.5 Å². The van der Waals surface area contributed by atoms with Crippen molar-refractivity contribution in [3.8, 4) is 11.5 Å². The van der Waals surface area contributed by atoms with E-state index >= 15 is 0 Å². The van der Waals surface area contributed by atoms with Crippen molar-refractivity contribution in [3.63, 3.8) is 0 Å². The molecule has 2 aromatic carbocycles. The average molecular weight is 395 g/mol. The number of rotatable bonds is 10. The molecular weight excluding hydrogens is 360 g/mol. The number of benzene rings is 2. The SMILES string of the molecule is CCCC(CCC)C(=O)Oc1ccc(/C(CC)=C(\CC)c2ccc(O)cc2)cc1. The maximum atomic E-state index is 12.5. The molecule has 1 N–H and O–H groups in total. The van der Waals surface area contributed by atoms with Gasteiger partial charge < -0.3 is 9.84 Å².